The third kappa shape index (κ3) is 4.57. The van der Waals surface area contributed by atoms with E-state index in [1.54, 1.807) is 0 Å². The van der Waals surface area contributed by atoms with Crippen LogP contribution in [0.2, 0.25) is 0 Å². The third-order valence-electron chi connectivity index (χ3n) is 5.83. The lowest BCUT2D eigenvalue weighted by Crippen LogP contribution is -2.45. The molecule has 2 fully saturated rings. The minimum absolute atomic E-state index is 0.0298. The van der Waals surface area contributed by atoms with Crippen molar-refractivity contribution in [3.05, 3.63) is 35.4 Å². The Labute approximate surface area is 157 Å². The predicted octanol–water partition coefficient (Wildman–Crippen LogP) is 2.62. The highest BCUT2D eigenvalue weighted by atomic mass is 16.5. The van der Waals surface area contributed by atoms with E-state index in [-0.39, 0.29) is 12.0 Å². The Morgan fingerprint density at radius 1 is 1.35 bits per heavy atom. The van der Waals surface area contributed by atoms with Gasteiger partial charge < -0.3 is 20.5 Å². The lowest BCUT2D eigenvalue weighted by molar-refractivity contribution is 0.127. The molecule has 3 unspecified atom stereocenters. The van der Waals surface area contributed by atoms with Gasteiger partial charge in [0, 0.05) is 44.2 Å². The van der Waals surface area contributed by atoms with Crippen LogP contribution in [-0.4, -0.2) is 50.5 Å². The third-order valence-corrected chi connectivity index (χ3v) is 5.83. The number of guanidine groups is 1. The van der Waals surface area contributed by atoms with Crippen LogP contribution >= 0.6 is 0 Å². The summed E-state index contributed by atoms with van der Waals surface area (Å²) in [6.45, 7) is 6.94. The fourth-order valence-electron chi connectivity index (χ4n) is 3.80. The zero-order chi connectivity index (χ0) is 18.6. The summed E-state index contributed by atoms with van der Waals surface area (Å²) in [5.74, 6) is 1.99. The molecule has 0 radical (unpaired) electrons. The van der Waals surface area contributed by atoms with Crippen molar-refractivity contribution in [3.63, 3.8) is 0 Å². The van der Waals surface area contributed by atoms with Crippen LogP contribution in [0.4, 0.5) is 0 Å². The van der Waals surface area contributed by atoms with Crippen LogP contribution in [0.3, 0.4) is 0 Å². The van der Waals surface area contributed by atoms with E-state index >= 15 is 0 Å². The van der Waals surface area contributed by atoms with Gasteiger partial charge in [0.05, 0.1) is 6.61 Å². The average molecular weight is 360 g/mol. The molecule has 5 nitrogen and oxygen atoms in total. The predicted molar refractivity (Wildman–Crippen MR) is 106 cm³/mol. The summed E-state index contributed by atoms with van der Waals surface area (Å²) in [5, 5.41) is 16.4. The minimum atomic E-state index is 0.0298. The Bertz CT molecular complexity index is 606. The Morgan fingerprint density at radius 3 is 2.69 bits per heavy atom. The molecule has 1 aromatic rings. The van der Waals surface area contributed by atoms with Crippen molar-refractivity contribution in [3.8, 4) is 0 Å². The van der Waals surface area contributed by atoms with Gasteiger partial charge in [0.15, 0.2) is 5.96 Å². The highest BCUT2D eigenvalue weighted by molar-refractivity contribution is 5.80. The molecule has 2 aliphatic rings. The van der Waals surface area contributed by atoms with Crippen molar-refractivity contribution >= 4 is 5.96 Å². The van der Waals surface area contributed by atoms with Crippen molar-refractivity contribution in [2.24, 2.45) is 10.4 Å². The molecule has 0 amide bonds. The number of nitrogens with one attached hydrogen (secondary N) is 2. The van der Waals surface area contributed by atoms with Gasteiger partial charge in [-0.25, -0.2) is 0 Å². The molecule has 1 aliphatic heterocycles. The maximum absolute atomic E-state index is 9.36. The molecule has 0 spiro atoms. The van der Waals surface area contributed by atoms with Crippen LogP contribution in [0.25, 0.3) is 0 Å². The standard InChI is InChI=1S/C21H33N3O2/c1-15(2)16-4-6-17(7-5-16)18-12-19(18)24-20(22-3)23-13-21(8-10-25)9-11-26-14-21/h4-7,15,18-19,25H,8-14H2,1-3H3,(H2,22,23,24). The van der Waals surface area contributed by atoms with Crippen molar-refractivity contribution in [2.75, 3.05) is 33.4 Å². The average Bonchev–Trinajstić information content (AvgIpc) is 3.27. The smallest absolute Gasteiger partial charge is 0.191 e. The second kappa shape index (κ2) is 8.40. The number of hydrogen-bond donors (Lipinski definition) is 3. The molecule has 3 N–H and O–H groups in total. The summed E-state index contributed by atoms with van der Waals surface area (Å²) in [5.41, 5.74) is 2.83. The number of nitrogens with zero attached hydrogens (tertiary/aromatic N) is 1. The number of aliphatic hydroxyl groups excluding tert-OH is 1. The molecular formula is C21H33N3O2. The van der Waals surface area contributed by atoms with E-state index in [9.17, 15) is 5.11 Å². The first-order valence-corrected chi connectivity index (χ1v) is 9.82. The van der Waals surface area contributed by atoms with E-state index in [0.717, 1.165) is 38.4 Å². The number of benzene rings is 1. The quantitative estimate of drug-likeness (QED) is 0.517. The summed E-state index contributed by atoms with van der Waals surface area (Å²) in [7, 11) is 1.81. The van der Waals surface area contributed by atoms with Gasteiger partial charge in [-0.1, -0.05) is 38.1 Å². The molecule has 144 valence electrons. The minimum Gasteiger partial charge on any atom is -0.396 e. The van der Waals surface area contributed by atoms with E-state index in [4.69, 9.17) is 4.74 Å². The van der Waals surface area contributed by atoms with Crippen LogP contribution in [0, 0.1) is 5.41 Å². The van der Waals surface area contributed by atoms with E-state index in [0.29, 0.717) is 24.5 Å². The molecule has 1 aromatic carbocycles. The van der Waals surface area contributed by atoms with Crippen molar-refractivity contribution in [1.82, 2.24) is 10.6 Å². The SMILES string of the molecule is CN=C(NCC1(CCO)CCOC1)NC1CC1c1ccc(C(C)C)cc1. The largest absolute Gasteiger partial charge is 0.396 e. The molecule has 1 heterocycles. The topological polar surface area (TPSA) is 65.9 Å². The zero-order valence-corrected chi connectivity index (χ0v) is 16.3. The summed E-state index contributed by atoms with van der Waals surface area (Å²) >= 11 is 0. The lowest BCUT2D eigenvalue weighted by atomic mass is 9.84. The van der Waals surface area contributed by atoms with E-state index in [1.165, 1.54) is 11.1 Å². The summed E-state index contributed by atoms with van der Waals surface area (Å²) < 4.78 is 5.56. The highest BCUT2D eigenvalue weighted by Gasteiger charge is 2.39. The molecule has 26 heavy (non-hydrogen) atoms. The molecule has 3 atom stereocenters. The molecule has 1 saturated carbocycles. The van der Waals surface area contributed by atoms with Gasteiger partial charge >= 0.3 is 0 Å². The molecular weight excluding hydrogens is 326 g/mol. The van der Waals surface area contributed by atoms with Crippen molar-refractivity contribution < 1.29 is 9.84 Å². The Kier molecular flexibility index (Phi) is 6.20. The number of hydrogen-bond acceptors (Lipinski definition) is 3. The molecule has 0 bridgehead atoms. The first-order valence-electron chi connectivity index (χ1n) is 9.82. The summed E-state index contributed by atoms with van der Waals surface area (Å²) in [6.07, 6.45) is 2.91. The first kappa shape index (κ1) is 19.2. The Hall–Kier alpha value is -1.59. The lowest BCUT2D eigenvalue weighted by Gasteiger charge is -2.27. The number of aliphatic imine (C=N–C) groups is 1. The van der Waals surface area contributed by atoms with Gasteiger partial charge in [0.1, 0.15) is 0 Å². The second-order valence-electron chi connectivity index (χ2n) is 8.12. The van der Waals surface area contributed by atoms with E-state index in [1.807, 2.05) is 7.05 Å². The monoisotopic (exact) mass is 359 g/mol. The van der Waals surface area contributed by atoms with Crippen LogP contribution in [0.1, 0.15) is 56.1 Å². The molecule has 1 aliphatic carbocycles. The molecule has 1 saturated heterocycles. The highest BCUT2D eigenvalue weighted by Crippen LogP contribution is 2.41. The normalized spacial score (nSPS) is 28.4. The zero-order valence-electron chi connectivity index (χ0n) is 16.3. The Morgan fingerprint density at radius 2 is 2.12 bits per heavy atom. The van der Waals surface area contributed by atoms with Gasteiger partial charge in [0.25, 0.3) is 0 Å². The van der Waals surface area contributed by atoms with Gasteiger partial charge in [-0.2, -0.15) is 0 Å². The maximum Gasteiger partial charge on any atom is 0.191 e. The fraction of sp³-hybridized carbons (Fsp3) is 0.667. The van der Waals surface area contributed by atoms with Gasteiger partial charge in [-0.3, -0.25) is 4.99 Å². The van der Waals surface area contributed by atoms with Crippen LogP contribution in [-0.2, 0) is 4.74 Å². The van der Waals surface area contributed by atoms with Crippen LogP contribution in [0.5, 0.6) is 0 Å². The second-order valence-corrected chi connectivity index (χ2v) is 8.12. The number of aliphatic hydroxyl groups is 1. The molecule has 3 rings (SSSR count). The fourth-order valence-corrected chi connectivity index (χ4v) is 3.80. The number of rotatable bonds is 7. The van der Waals surface area contributed by atoms with Gasteiger partial charge in [-0.15, -0.1) is 0 Å². The van der Waals surface area contributed by atoms with Crippen molar-refractivity contribution in [2.45, 2.75) is 51.0 Å². The maximum atomic E-state index is 9.36. The number of ether oxygens (including phenoxy) is 1. The Balaban J connectivity index is 1.50. The van der Waals surface area contributed by atoms with Gasteiger partial charge in [0.2, 0.25) is 0 Å². The van der Waals surface area contributed by atoms with E-state index < -0.39 is 0 Å². The van der Waals surface area contributed by atoms with Crippen molar-refractivity contribution in [1.29, 1.82) is 0 Å². The first-order chi connectivity index (χ1) is 12.6. The van der Waals surface area contributed by atoms with Crippen LogP contribution < -0.4 is 10.6 Å². The molecule has 0 aromatic heterocycles. The summed E-state index contributed by atoms with van der Waals surface area (Å²) in [4.78, 5) is 4.38. The van der Waals surface area contributed by atoms with E-state index in [2.05, 4.69) is 53.7 Å². The molecule has 5 heteroatoms. The van der Waals surface area contributed by atoms with Crippen LogP contribution in [0.15, 0.2) is 29.3 Å². The van der Waals surface area contributed by atoms with Gasteiger partial charge in [-0.05, 0) is 36.3 Å². The summed E-state index contributed by atoms with van der Waals surface area (Å²) in [6, 6.07) is 9.48.